The first kappa shape index (κ1) is 15.4. The summed E-state index contributed by atoms with van der Waals surface area (Å²) < 4.78 is 0. The first-order valence-corrected chi connectivity index (χ1v) is 8.91. The Morgan fingerprint density at radius 2 is 2.20 bits per heavy atom. The standard InChI is InChI=1S/C14H22N4S2/c1-5-19-7-6-9(2)16-12-11-8-10(3)20-13(11)18-14(15-4)17-12/h8-9H,5-7H2,1-4H3,(H2,15,16,17,18). The van der Waals surface area contributed by atoms with Crippen LogP contribution in [0.5, 0.6) is 0 Å². The lowest BCUT2D eigenvalue weighted by Crippen LogP contribution is -2.17. The van der Waals surface area contributed by atoms with Crippen molar-refractivity contribution in [3.05, 3.63) is 10.9 Å². The van der Waals surface area contributed by atoms with Gasteiger partial charge in [-0.2, -0.15) is 16.7 Å². The van der Waals surface area contributed by atoms with E-state index in [-0.39, 0.29) is 0 Å². The van der Waals surface area contributed by atoms with Gasteiger partial charge in [0.15, 0.2) is 0 Å². The van der Waals surface area contributed by atoms with E-state index in [2.05, 4.69) is 47.4 Å². The van der Waals surface area contributed by atoms with Gasteiger partial charge in [-0.25, -0.2) is 4.98 Å². The molecule has 0 amide bonds. The molecular formula is C14H22N4S2. The molecule has 0 aliphatic rings. The number of thioether (sulfide) groups is 1. The summed E-state index contributed by atoms with van der Waals surface area (Å²) in [7, 11) is 1.85. The van der Waals surface area contributed by atoms with Gasteiger partial charge in [0.2, 0.25) is 5.95 Å². The predicted octanol–water partition coefficient (Wildman–Crippen LogP) is 3.99. The average molecular weight is 310 g/mol. The molecule has 20 heavy (non-hydrogen) atoms. The van der Waals surface area contributed by atoms with Gasteiger partial charge in [0.25, 0.3) is 0 Å². The smallest absolute Gasteiger partial charge is 0.225 e. The Kier molecular flexibility index (Phi) is 5.48. The Hall–Kier alpha value is -1.01. The van der Waals surface area contributed by atoms with Crippen LogP contribution in [0.25, 0.3) is 10.2 Å². The molecule has 4 nitrogen and oxygen atoms in total. The summed E-state index contributed by atoms with van der Waals surface area (Å²) in [5.74, 6) is 3.98. The Morgan fingerprint density at radius 3 is 2.90 bits per heavy atom. The van der Waals surface area contributed by atoms with Crippen molar-refractivity contribution in [2.75, 3.05) is 29.2 Å². The molecule has 2 rings (SSSR count). The highest BCUT2D eigenvalue weighted by molar-refractivity contribution is 7.99. The monoisotopic (exact) mass is 310 g/mol. The van der Waals surface area contributed by atoms with Crippen molar-refractivity contribution in [3.63, 3.8) is 0 Å². The second kappa shape index (κ2) is 7.13. The van der Waals surface area contributed by atoms with Crippen molar-refractivity contribution in [1.29, 1.82) is 0 Å². The molecule has 2 aromatic heterocycles. The Bertz CT molecular complexity index is 568. The van der Waals surface area contributed by atoms with E-state index in [0.717, 1.165) is 22.5 Å². The zero-order valence-corrected chi connectivity index (χ0v) is 14.1. The molecule has 0 saturated carbocycles. The lowest BCUT2D eigenvalue weighted by Gasteiger charge is -2.15. The van der Waals surface area contributed by atoms with Gasteiger partial charge >= 0.3 is 0 Å². The van der Waals surface area contributed by atoms with Gasteiger partial charge in [0.05, 0.1) is 5.39 Å². The van der Waals surface area contributed by atoms with Gasteiger partial charge < -0.3 is 10.6 Å². The number of aryl methyl sites for hydroxylation is 1. The van der Waals surface area contributed by atoms with Crippen LogP contribution in [0.15, 0.2) is 6.07 Å². The fourth-order valence-corrected chi connectivity index (χ4v) is 3.66. The summed E-state index contributed by atoms with van der Waals surface area (Å²) in [5.41, 5.74) is 0. The van der Waals surface area contributed by atoms with Crippen molar-refractivity contribution in [2.24, 2.45) is 0 Å². The molecule has 2 aromatic rings. The molecule has 110 valence electrons. The normalized spacial score (nSPS) is 12.6. The molecule has 0 spiro atoms. The van der Waals surface area contributed by atoms with Crippen LogP contribution in [-0.4, -0.2) is 34.6 Å². The average Bonchev–Trinajstić information content (AvgIpc) is 2.79. The lowest BCUT2D eigenvalue weighted by atomic mass is 10.2. The van der Waals surface area contributed by atoms with E-state index in [4.69, 9.17) is 0 Å². The molecule has 0 bridgehead atoms. The molecule has 1 atom stereocenters. The fraction of sp³-hybridized carbons (Fsp3) is 0.571. The van der Waals surface area contributed by atoms with E-state index >= 15 is 0 Å². The van der Waals surface area contributed by atoms with Crippen LogP contribution in [0.3, 0.4) is 0 Å². The number of aromatic nitrogens is 2. The topological polar surface area (TPSA) is 49.8 Å². The van der Waals surface area contributed by atoms with E-state index in [1.165, 1.54) is 16.4 Å². The summed E-state index contributed by atoms with van der Waals surface area (Å²) in [6, 6.07) is 2.58. The van der Waals surface area contributed by atoms with Crippen LogP contribution in [0.1, 0.15) is 25.1 Å². The molecule has 0 aliphatic carbocycles. The van der Waals surface area contributed by atoms with Gasteiger partial charge in [-0.1, -0.05) is 6.92 Å². The number of anilines is 2. The van der Waals surface area contributed by atoms with Gasteiger partial charge in [-0.15, -0.1) is 11.3 Å². The molecule has 0 aromatic carbocycles. The minimum Gasteiger partial charge on any atom is -0.367 e. The van der Waals surface area contributed by atoms with Crippen molar-refractivity contribution < 1.29 is 0 Å². The summed E-state index contributed by atoms with van der Waals surface area (Å²) >= 11 is 3.69. The maximum atomic E-state index is 4.57. The predicted molar refractivity (Wildman–Crippen MR) is 92.4 cm³/mol. The van der Waals surface area contributed by atoms with Gasteiger partial charge in [-0.3, -0.25) is 0 Å². The third-order valence-electron chi connectivity index (χ3n) is 3.02. The summed E-state index contributed by atoms with van der Waals surface area (Å²) in [4.78, 5) is 11.4. The van der Waals surface area contributed by atoms with Crippen molar-refractivity contribution in [2.45, 2.75) is 33.2 Å². The van der Waals surface area contributed by atoms with Gasteiger partial charge in [-0.05, 0) is 37.8 Å². The molecular weight excluding hydrogens is 288 g/mol. The van der Waals surface area contributed by atoms with Crippen LogP contribution in [0.4, 0.5) is 11.8 Å². The minimum absolute atomic E-state index is 0.414. The molecule has 0 aliphatic heterocycles. The molecule has 6 heteroatoms. The number of fused-ring (bicyclic) bond motifs is 1. The number of hydrogen-bond acceptors (Lipinski definition) is 6. The quantitative estimate of drug-likeness (QED) is 0.757. The molecule has 0 radical (unpaired) electrons. The van der Waals surface area contributed by atoms with E-state index in [1.54, 1.807) is 11.3 Å². The molecule has 2 heterocycles. The van der Waals surface area contributed by atoms with E-state index in [0.29, 0.717) is 12.0 Å². The number of thiophene rings is 1. The van der Waals surface area contributed by atoms with Crippen molar-refractivity contribution >= 4 is 45.1 Å². The van der Waals surface area contributed by atoms with Crippen LogP contribution in [0, 0.1) is 6.92 Å². The van der Waals surface area contributed by atoms with Crippen LogP contribution < -0.4 is 10.6 Å². The Labute approximate surface area is 128 Å². The third-order valence-corrected chi connectivity index (χ3v) is 4.90. The number of nitrogens with one attached hydrogen (secondary N) is 2. The second-order valence-electron chi connectivity index (χ2n) is 4.75. The highest BCUT2D eigenvalue weighted by Crippen LogP contribution is 2.30. The SMILES string of the molecule is CCSCCC(C)Nc1nc(NC)nc2sc(C)cc12. The molecule has 1 unspecified atom stereocenters. The molecule has 0 fully saturated rings. The van der Waals surface area contributed by atoms with E-state index < -0.39 is 0 Å². The molecule has 0 saturated heterocycles. The maximum absolute atomic E-state index is 4.57. The number of rotatable bonds is 7. The fourth-order valence-electron chi connectivity index (χ4n) is 1.97. The summed E-state index contributed by atoms with van der Waals surface area (Å²) in [6.07, 6.45) is 1.14. The van der Waals surface area contributed by atoms with Gasteiger partial charge in [0.1, 0.15) is 10.6 Å². The van der Waals surface area contributed by atoms with Crippen molar-refractivity contribution in [3.8, 4) is 0 Å². The zero-order valence-electron chi connectivity index (χ0n) is 12.5. The van der Waals surface area contributed by atoms with E-state index in [1.807, 2.05) is 18.8 Å². The molecule has 2 N–H and O–H groups in total. The Morgan fingerprint density at radius 1 is 1.40 bits per heavy atom. The van der Waals surface area contributed by atoms with Crippen LogP contribution in [0.2, 0.25) is 0 Å². The highest BCUT2D eigenvalue weighted by atomic mass is 32.2. The minimum atomic E-state index is 0.414. The van der Waals surface area contributed by atoms with Crippen LogP contribution >= 0.6 is 23.1 Å². The largest absolute Gasteiger partial charge is 0.367 e. The first-order valence-electron chi connectivity index (χ1n) is 6.94. The van der Waals surface area contributed by atoms with Crippen molar-refractivity contribution in [1.82, 2.24) is 9.97 Å². The van der Waals surface area contributed by atoms with Gasteiger partial charge in [0, 0.05) is 18.0 Å². The zero-order chi connectivity index (χ0) is 14.5. The number of nitrogens with zero attached hydrogens (tertiary/aromatic N) is 2. The summed E-state index contributed by atoms with van der Waals surface area (Å²) in [6.45, 7) is 6.52. The third kappa shape index (κ3) is 3.76. The number of hydrogen-bond donors (Lipinski definition) is 2. The Balaban J connectivity index is 2.19. The highest BCUT2D eigenvalue weighted by Gasteiger charge is 2.12. The van der Waals surface area contributed by atoms with Crippen LogP contribution in [-0.2, 0) is 0 Å². The lowest BCUT2D eigenvalue weighted by molar-refractivity contribution is 0.768. The second-order valence-corrected chi connectivity index (χ2v) is 7.38. The first-order chi connectivity index (χ1) is 9.63. The summed E-state index contributed by atoms with van der Waals surface area (Å²) in [5, 5.41) is 7.70. The van der Waals surface area contributed by atoms with E-state index in [9.17, 15) is 0 Å². The maximum Gasteiger partial charge on any atom is 0.225 e.